The summed E-state index contributed by atoms with van der Waals surface area (Å²) in [4.78, 5) is 14.0. The van der Waals surface area contributed by atoms with Crippen LogP contribution in [-0.4, -0.2) is 25.4 Å². The zero-order valence-electron chi connectivity index (χ0n) is 19.4. The van der Waals surface area contributed by atoms with Crippen LogP contribution >= 0.6 is 15.9 Å². The molecule has 3 rings (SSSR count). The highest BCUT2D eigenvalue weighted by Crippen LogP contribution is 2.31. The summed E-state index contributed by atoms with van der Waals surface area (Å²) in [6.07, 6.45) is -3.97. The Morgan fingerprint density at radius 3 is 2.33 bits per heavy atom. The van der Waals surface area contributed by atoms with Gasteiger partial charge in [-0.3, -0.25) is 0 Å². The predicted octanol–water partition coefficient (Wildman–Crippen LogP) is 7.07. The average Bonchev–Trinajstić information content (AvgIpc) is 2.84. The van der Waals surface area contributed by atoms with Crippen LogP contribution in [0.3, 0.4) is 0 Å². The van der Waals surface area contributed by atoms with Crippen molar-refractivity contribution in [3.05, 3.63) is 88.4 Å². The monoisotopic (exact) mass is 584 g/mol. The van der Waals surface area contributed by atoms with Gasteiger partial charge in [0, 0.05) is 17.1 Å². The van der Waals surface area contributed by atoms with E-state index < -0.39 is 26.8 Å². The smallest absolute Gasteiger partial charge is 0.379 e. The third-order valence-electron chi connectivity index (χ3n) is 5.43. The van der Waals surface area contributed by atoms with Crippen molar-refractivity contribution < 1.29 is 30.6 Å². The van der Waals surface area contributed by atoms with Crippen molar-refractivity contribution in [1.29, 1.82) is 0 Å². The van der Waals surface area contributed by atoms with Gasteiger partial charge >= 0.3 is 22.3 Å². The molecule has 0 bridgehead atoms. The highest BCUT2D eigenvalue weighted by atomic mass is 79.9. The van der Waals surface area contributed by atoms with Gasteiger partial charge in [0.2, 0.25) is 0 Å². The molecule has 0 fully saturated rings. The van der Waals surface area contributed by atoms with Crippen LogP contribution in [0.4, 0.5) is 23.7 Å². The Morgan fingerprint density at radius 1 is 1.06 bits per heavy atom. The molecule has 11 heteroatoms. The Kier molecular flexibility index (Phi) is 8.67. The number of carbonyl (C=O) groups is 1. The van der Waals surface area contributed by atoms with Crippen molar-refractivity contribution in [3.63, 3.8) is 0 Å². The summed E-state index contributed by atoms with van der Waals surface area (Å²) in [6.45, 7) is 4.11. The van der Waals surface area contributed by atoms with E-state index in [1.165, 1.54) is 12.1 Å². The summed E-state index contributed by atoms with van der Waals surface area (Å²) >= 11 is 3.41. The van der Waals surface area contributed by atoms with E-state index >= 15 is 0 Å². The minimum Gasteiger partial charge on any atom is -0.379 e. The summed E-state index contributed by atoms with van der Waals surface area (Å²) in [7, 11) is -4.48. The quantitative estimate of drug-likeness (QED) is 0.287. The summed E-state index contributed by atoms with van der Waals surface area (Å²) in [5, 5.41) is 2.88. The molecule has 3 aromatic carbocycles. The van der Waals surface area contributed by atoms with E-state index in [2.05, 4.69) is 21.2 Å². The van der Waals surface area contributed by atoms with Gasteiger partial charge < -0.3 is 14.4 Å². The van der Waals surface area contributed by atoms with E-state index in [9.17, 15) is 26.4 Å². The maximum atomic E-state index is 13.0. The maximum Gasteiger partial charge on any atom is 0.416 e. The number of benzene rings is 3. The molecular formula is C25H24BrF3N2O4S. The van der Waals surface area contributed by atoms with Crippen LogP contribution in [0.15, 0.2) is 82.2 Å². The molecule has 0 aliphatic rings. The number of urea groups is 1. The van der Waals surface area contributed by atoms with Gasteiger partial charge in [-0.15, -0.1) is 0 Å². The molecule has 1 atom stereocenters. The normalized spacial score (nSPS) is 12.6. The first-order valence-electron chi connectivity index (χ1n) is 10.9. The molecule has 0 saturated carbocycles. The van der Waals surface area contributed by atoms with Crippen LogP contribution < -0.4 is 9.50 Å². The number of alkyl halides is 3. The van der Waals surface area contributed by atoms with Crippen LogP contribution in [-0.2, 0) is 22.8 Å². The van der Waals surface area contributed by atoms with Crippen molar-refractivity contribution in [1.82, 2.24) is 4.90 Å². The Bertz CT molecular complexity index is 1320. The number of rotatable bonds is 8. The number of halogens is 4. The van der Waals surface area contributed by atoms with Crippen molar-refractivity contribution in [2.75, 3.05) is 5.32 Å². The molecule has 0 aliphatic carbocycles. The maximum absolute atomic E-state index is 13.0. The molecule has 0 aromatic heterocycles. The minimum atomic E-state index is -4.68. The zero-order chi connectivity index (χ0) is 26.5. The fraction of sp³-hybridized carbons (Fsp3) is 0.240. The third-order valence-corrected chi connectivity index (χ3v) is 7.37. The third kappa shape index (κ3) is 7.01. The Labute approximate surface area is 216 Å². The first-order valence-corrected chi connectivity index (χ1v) is 13.1. The Hall–Kier alpha value is -3.05. The van der Waals surface area contributed by atoms with Crippen LogP contribution in [0.5, 0.6) is 5.75 Å². The van der Waals surface area contributed by atoms with Gasteiger partial charge in [0.05, 0.1) is 11.3 Å². The Morgan fingerprint density at radius 2 is 1.72 bits per heavy atom. The van der Waals surface area contributed by atoms with Crippen LogP contribution in [0.1, 0.15) is 31.4 Å². The first kappa shape index (κ1) is 27.5. The lowest BCUT2D eigenvalue weighted by Crippen LogP contribution is -2.40. The summed E-state index contributed by atoms with van der Waals surface area (Å²) in [5.74, 6) is -0.0658. The van der Waals surface area contributed by atoms with E-state index in [4.69, 9.17) is 4.18 Å². The van der Waals surface area contributed by atoms with Crippen LogP contribution in [0.2, 0.25) is 0 Å². The second kappa shape index (κ2) is 11.3. The first-order chi connectivity index (χ1) is 16.9. The number of para-hydroxylation sites is 1. The molecule has 0 radical (unpaired) electrons. The molecule has 192 valence electrons. The summed E-state index contributed by atoms with van der Waals surface area (Å²) < 4.78 is 69.6. The Balaban J connectivity index is 1.74. The van der Waals surface area contributed by atoms with Gasteiger partial charge in [0.1, 0.15) is 10.6 Å². The van der Waals surface area contributed by atoms with Gasteiger partial charge in [-0.25, -0.2) is 4.79 Å². The highest BCUT2D eigenvalue weighted by molar-refractivity contribution is 9.10. The molecule has 1 N–H and O–H groups in total. The van der Waals surface area contributed by atoms with Crippen LogP contribution in [0.25, 0.3) is 0 Å². The number of nitrogens with zero attached hydrogens (tertiary/aromatic N) is 1. The van der Waals surface area contributed by atoms with Crippen molar-refractivity contribution in [2.24, 2.45) is 0 Å². The topological polar surface area (TPSA) is 75.7 Å². The second-order valence-electron chi connectivity index (χ2n) is 8.00. The van der Waals surface area contributed by atoms with E-state index in [0.29, 0.717) is 23.7 Å². The molecule has 2 amide bonds. The zero-order valence-corrected chi connectivity index (χ0v) is 21.8. The van der Waals surface area contributed by atoms with Crippen LogP contribution in [0, 0.1) is 0 Å². The number of carbonyl (C=O) groups excluding carboxylic acids is 1. The number of anilines is 1. The lowest BCUT2D eigenvalue weighted by molar-refractivity contribution is -0.137. The number of nitrogens with one attached hydrogen (secondary N) is 1. The highest BCUT2D eigenvalue weighted by Gasteiger charge is 2.32. The molecule has 0 spiro atoms. The molecule has 0 aliphatic heterocycles. The molecular weight excluding hydrogens is 561 g/mol. The van der Waals surface area contributed by atoms with Gasteiger partial charge in [-0.05, 0) is 77.3 Å². The molecule has 6 nitrogen and oxygen atoms in total. The molecule has 36 heavy (non-hydrogen) atoms. The largest absolute Gasteiger partial charge is 0.416 e. The predicted molar refractivity (Wildman–Crippen MR) is 134 cm³/mol. The molecule has 0 heterocycles. The lowest BCUT2D eigenvalue weighted by atomic mass is 10.1. The molecule has 1 unspecified atom stereocenters. The summed E-state index contributed by atoms with van der Waals surface area (Å²) in [6, 6.07) is 16.1. The SMILES string of the molecule is CCC(C)N(Cc1ccc(OS(=O)(=O)c2cccc(C(F)(F)F)c2)cc1)C(=O)Nc1ccccc1Br. The lowest BCUT2D eigenvalue weighted by Gasteiger charge is -2.29. The van der Waals surface area contributed by atoms with Crippen molar-refractivity contribution in [2.45, 2.75) is 43.9 Å². The number of amides is 2. The number of hydrogen-bond acceptors (Lipinski definition) is 4. The van der Waals surface area contributed by atoms with Gasteiger partial charge in [-0.1, -0.05) is 37.3 Å². The minimum absolute atomic E-state index is 0.0658. The van der Waals surface area contributed by atoms with E-state index in [-0.39, 0.29) is 24.4 Å². The fourth-order valence-electron chi connectivity index (χ4n) is 3.25. The van der Waals surface area contributed by atoms with E-state index in [1.54, 1.807) is 29.2 Å². The number of hydrogen-bond donors (Lipinski definition) is 1. The van der Waals surface area contributed by atoms with Gasteiger partial charge in [-0.2, -0.15) is 21.6 Å². The van der Waals surface area contributed by atoms with Gasteiger partial charge in [0.25, 0.3) is 0 Å². The standard InChI is InChI=1S/C25H24BrF3N2O4S/c1-3-17(2)31(24(32)30-23-10-5-4-9-22(23)26)16-18-11-13-20(14-12-18)35-36(33,34)21-8-6-7-19(15-21)25(27,28)29/h4-15,17H,3,16H2,1-2H3,(H,30,32). The molecule has 3 aromatic rings. The average molecular weight is 585 g/mol. The van der Waals surface area contributed by atoms with Crippen molar-refractivity contribution in [3.8, 4) is 5.75 Å². The second-order valence-corrected chi connectivity index (χ2v) is 10.4. The van der Waals surface area contributed by atoms with E-state index in [1.807, 2.05) is 26.0 Å². The molecule has 0 saturated heterocycles. The van der Waals surface area contributed by atoms with Crippen molar-refractivity contribution >= 4 is 37.8 Å². The summed E-state index contributed by atoms with van der Waals surface area (Å²) in [5.41, 5.74) is 0.245. The van der Waals surface area contributed by atoms with Gasteiger partial charge in [0.15, 0.2) is 0 Å². The fourth-order valence-corrected chi connectivity index (χ4v) is 4.61. The van der Waals surface area contributed by atoms with E-state index in [0.717, 1.165) is 22.7 Å².